The summed E-state index contributed by atoms with van der Waals surface area (Å²) in [5.74, 6) is 0. The van der Waals surface area contributed by atoms with Gasteiger partial charge in [0, 0.05) is 4.43 Å². The highest BCUT2D eigenvalue weighted by atomic mass is 127. The summed E-state index contributed by atoms with van der Waals surface area (Å²) in [5.41, 5.74) is 0. The molecule has 0 N–H and O–H groups in total. The van der Waals surface area contributed by atoms with Crippen molar-refractivity contribution < 1.29 is 0 Å². The molecule has 8 heavy (non-hydrogen) atoms. The molecule has 0 aromatic rings. The topological polar surface area (TPSA) is 3.24 Å². The van der Waals surface area contributed by atoms with E-state index in [0.717, 1.165) is 0 Å². The monoisotopic (exact) mass is 225 g/mol. The maximum Gasteiger partial charge on any atom is 0.185 e. The van der Waals surface area contributed by atoms with Crippen LogP contribution in [-0.4, -0.2) is 30.3 Å². The van der Waals surface area contributed by atoms with E-state index < -0.39 is 0 Å². The van der Waals surface area contributed by atoms with Crippen molar-refractivity contribution in [3.63, 3.8) is 0 Å². The Kier molecular flexibility index (Phi) is 6.44. The van der Waals surface area contributed by atoms with E-state index in [2.05, 4.69) is 42.3 Å². The highest BCUT2D eigenvalue weighted by Gasteiger charge is 1.89. The van der Waals surface area contributed by atoms with Gasteiger partial charge < -0.3 is 4.81 Å². The molecule has 3 heteroatoms. The normalized spacial score (nSPS) is 10.4. The van der Waals surface area contributed by atoms with Crippen molar-refractivity contribution in [1.29, 1.82) is 0 Å². The molecule has 0 saturated heterocycles. The molecule has 0 radical (unpaired) electrons. The van der Waals surface area contributed by atoms with Crippen LogP contribution >= 0.6 is 22.6 Å². The van der Waals surface area contributed by atoms with Crippen molar-refractivity contribution in [3.8, 4) is 0 Å². The van der Waals surface area contributed by atoms with Gasteiger partial charge in [-0.05, 0) is 19.5 Å². The van der Waals surface area contributed by atoms with Gasteiger partial charge in [-0.15, -0.1) is 0 Å². The fraction of sp³-hybridized carbons (Fsp3) is 1.00. The Balaban J connectivity index is 2.86. The summed E-state index contributed by atoms with van der Waals surface area (Å²) in [4.78, 5) is 2.33. The highest BCUT2D eigenvalue weighted by Crippen LogP contribution is 1.89. The van der Waals surface area contributed by atoms with Crippen LogP contribution in [-0.2, 0) is 0 Å². The molecule has 0 aliphatic carbocycles. The number of hydrogen-bond donors (Lipinski definition) is 0. The predicted molar refractivity (Wildman–Crippen MR) is 49.3 cm³/mol. The van der Waals surface area contributed by atoms with E-state index in [4.69, 9.17) is 0 Å². The van der Waals surface area contributed by atoms with E-state index in [-0.39, 0.29) is 0 Å². The molecule has 1 nitrogen and oxygen atoms in total. The first-order valence-corrected chi connectivity index (χ1v) is 4.58. The first kappa shape index (κ1) is 8.75. The fourth-order valence-electron chi connectivity index (χ4n) is 0.488. The molecule has 0 spiro atoms. The van der Waals surface area contributed by atoms with Gasteiger partial charge in [-0.25, -0.2) is 0 Å². The largest absolute Gasteiger partial charge is 0.349 e. The maximum absolute atomic E-state index is 2.41. The number of nitrogens with zero attached hydrogens (tertiary/aromatic N) is 1. The third kappa shape index (κ3) is 4.90. The Bertz CT molecular complexity index is 51.7. The highest BCUT2D eigenvalue weighted by molar-refractivity contribution is 14.1. The molecule has 0 fully saturated rings. The van der Waals surface area contributed by atoms with Crippen LogP contribution in [0.15, 0.2) is 0 Å². The summed E-state index contributed by atoms with van der Waals surface area (Å²) >= 11 is 2.41. The molecule has 0 bridgehead atoms. The molecule has 0 atom stereocenters. The Morgan fingerprint density at radius 2 is 2.25 bits per heavy atom. The molecule has 0 saturated carbocycles. The molecule has 0 rings (SSSR count). The molecule has 0 aromatic heterocycles. The van der Waals surface area contributed by atoms with Crippen molar-refractivity contribution in [1.82, 2.24) is 4.81 Å². The van der Waals surface area contributed by atoms with Crippen LogP contribution in [0.3, 0.4) is 0 Å². The lowest BCUT2D eigenvalue weighted by Gasteiger charge is -2.11. The minimum Gasteiger partial charge on any atom is -0.349 e. The average Bonchev–Trinajstić information content (AvgIpc) is 1.83. The SMILES string of the molecule is BN(CC)CCCI. The Labute approximate surface area is 66.4 Å². The van der Waals surface area contributed by atoms with Gasteiger partial charge in [0.2, 0.25) is 0 Å². The van der Waals surface area contributed by atoms with E-state index in [0.29, 0.717) is 0 Å². The van der Waals surface area contributed by atoms with Gasteiger partial charge >= 0.3 is 0 Å². The Morgan fingerprint density at radius 3 is 2.62 bits per heavy atom. The second-order valence-corrected chi connectivity index (χ2v) is 3.02. The maximum atomic E-state index is 2.41. The van der Waals surface area contributed by atoms with E-state index in [1.165, 1.54) is 23.9 Å². The first-order valence-electron chi connectivity index (χ1n) is 3.05. The molecule has 0 unspecified atom stereocenters. The van der Waals surface area contributed by atoms with Crippen LogP contribution in [0.25, 0.3) is 0 Å². The molecular formula is C5H13BIN. The van der Waals surface area contributed by atoms with Gasteiger partial charge in [0.25, 0.3) is 0 Å². The van der Waals surface area contributed by atoms with Crippen molar-refractivity contribution >= 4 is 30.6 Å². The van der Waals surface area contributed by atoms with Crippen LogP contribution in [0.1, 0.15) is 13.3 Å². The van der Waals surface area contributed by atoms with Crippen LogP contribution in [0.4, 0.5) is 0 Å². The van der Waals surface area contributed by atoms with Crippen molar-refractivity contribution in [2.45, 2.75) is 13.3 Å². The molecule has 0 heterocycles. The lowest BCUT2D eigenvalue weighted by molar-refractivity contribution is 0.479. The smallest absolute Gasteiger partial charge is 0.185 e. The molecular weight excluding hydrogens is 212 g/mol. The number of hydrogen-bond acceptors (Lipinski definition) is 1. The van der Waals surface area contributed by atoms with Crippen molar-refractivity contribution in [2.24, 2.45) is 0 Å². The summed E-state index contributed by atoms with van der Waals surface area (Å²) in [6, 6.07) is 0. The summed E-state index contributed by atoms with van der Waals surface area (Å²) in [6.07, 6.45) is 1.32. The lowest BCUT2D eigenvalue weighted by atomic mass is 10.3. The summed E-state index contributed by atoms with van der Waals surface area (Å²) < 4.78 is 1.28. The van der Waals surface area contributed by atoms with Crippen LogP contribution in [0.5, 0.6) is 0 Å². The van der Waals surface area contributed by atoms with Crippen LogP contribution in [0.2, 0.25) is 0 Å². The zero-order valence-electron chi connectivity index (χ0n) is 5.65. The van der Waals surface area contributed by atoms with Gasteiger partial charge in [0.05, 0.1) is 0 Å². The minimum absolute atomic E-state index is 1.18. The standard InChI is InChI=1S/C5H13BIN/c1-2-8(6)5-3-4-7/h2-6H2,1H3. The van der Waals surface area contributed by atoms with E-state index >= 15 is 0 Å². The van der Waals surface area contributed by atoms with Gasteiger partial charge in [-0.1, -0.05) is 29.5 Å². The molecule has 0 amide bonds. The Morgan fingerprint density at radius 1 is 1.62 bits per heavy atom. The quantitative estimate of drug-likeness (QED) is 0.386. The number of rotatable bonds is 4. The van der Waals surface area contributed by atoms with Gasteiger partial charge in [0.15, 0.2) is 7.98 Å². The lowest BCUT2D eigenvalue weighted by Crippen LogP contribution is -2.20. The summed E-state index contributed by atoms with van der Waals surface area (Å²) in [7, 11) is 2.16. The zero-order chi connectivity index (χ0) is 6.41. The van der Waals surface area contributed by atoms with Crippen molar-refractivity contribution in [3.05, 3.63) is 0 Å². The third-order valence-corrected chi connectivity index (χ3v) is 1.98. The molecule has 48 valence electrons. The van der Waals surface area contributed by atoms with Crippen LogP contribution in [0, 0.1) is 0 Å². The van der Waals surface area contributed by atoms with Gasteiger partial charge in [0.1, 0.15) is 0 Å². The molecule has 0 aliphatic rings. The minimum atomic E-state index is 1.18. The average molecular weight is 225 g/mol. The van der Waals surface area contributed by atoms with Crippen LogP contribution < -0.4 is 0 Å². The van der Waals surface area contributed by atoms with Crippen molar-refractivity contribution in [2.75, 3.05) is 17.5 Å². The molecule has 0 aromatic carbocycles. The predicted octanol–water partition coefficient (Wildman–Crippen LogP) is 0.681. The number of halogens is 1. The number of alkyl halides is 1. The van der Waals surface area contributed by atoms with E-state index in [1.807, 2.05) is 0 Å². The summed E-state index contributed by atoms with van der Waals surface area (Å²) in [5, 5.41) is 0. The fourth-order valence-corrected chi connectivity index (χ4v) is 0.829. The zero-order valence-corrected chi connectivity index (χ0v) is 7.81. The second kappa shape index (κ2) is 5.88. The van der Waals surface area contributed by atoms with Gasteiger partial charge in [-0.2, -0.15) is 0 Å². The first-order chi connectivity index (χ1) is 3.81. The Hall–Kier alpha value is 0.755. The second-order valence-electron chi connectivity index (χ2n) is 1.94. The van der Waals surface area contributed by atoms with E-state index in [9.17, 15) is 0 Å². The van der Waals surface area contributed by atoms with Gasteiger partial charge in [-0.3, -0.25) is 0 Å². The van der Waals surface area contributed by atoms with E-state index in [1.54, 1.807) is 0 Å². The molecule has 0 aliphatic heterocycles. The summed E-state index contributed by atoms with van der Waals surface area (Å²) in [6.45, 7) is 4.61. The third-order valence-electron chi connectivity index (χ3n) is 1.21.